The fraction of sp³-hybridized carbons (Fsp3) is 0.250. The molecule has 0 aliphatic heterocycles. The molecule has 5 nitrogen and oxygen atoms in total. The largest absolute Gasteiger partial charge is 0.435 e. The Morgan fingerprint density at radius 2 is 1.91 bits per heavy atom. The minimum atomic E-state index is -4.54. The predicted molar refractivity (Wildman–Crippen MR) is 78.9 cm³/mol. The fourth-order valence-electron chi connectivity index (χ4n) is 1.69. The summed E-state index contributed by atoms with van der Waals surface area (Å²) in [4.78, 5) is -0.205. The standard InChI is InChI=1S/C12H10Cl2F3N3O2S/c13-8-1-2-9(14)10(7-8)23(21,22)18-4-6-20-5-3-11(19-20)12(15,16)17/h1-3,5,7,18H,4,6H2. The predicted octanol–water partition coefficient (Wildman–Crippen LogP) is 3.19. The maximum Gasteiger partial charge on any atom is 0.435 e. The molecular weight excluding hydrogens is 378 g/mol. The van der Waals surface area contributed by atoms with E-state index in [4.69, 9.17) is 23.2 Å². The molecule has 0 unspecified atom stereocenters. The molecular formula is C12H10Cl2F3N3O2S. The van der Waals surface area contributed by atoms with Crippen LogP contribution in [0.1, 0.15) is 5.69 Å². The van der Waals surface area contributed by atoms with Crippen molar-refractivity contribution >= 4 is 33.2 Å². The molecule has 1 heterocycles. The zero-order valence-corrected chi connectivity index (χ0v) is 13.6. The van der Waals surface area contributed by atoms with Crippen LogP contribution in [0.15, 0.2) is 35.4 Å². The number of hydrogen-bond acceptors (Lipinski definition) is 3. The van der Waals surface area contributed by atoms with Gasteiger partial charge in [-0.1, -0.05) is 23.2 Å². The molecule has 0 aliphatic carbocycles. The summed E-state index contributed by atoms with van der Waals surface area (Å²) in [5.74, 6) is 0. The Hall–Kier alpha value is -1.29. The highest BCUT2D eigenvalue weighted by Gasteiger charge is 2.33. The smallest absolute Gasteiger partial charge is 0.271 e. The lowest BCUT2D eigenvalue weighted by molar-refractivity contribution is -0.141. The molecule has 0 atom stereocenters. The van der Waals surface area contributed by atoms with Gasteiger partial charge in [0.05, 0.1) is 11.6 Å². The molecule has 11 heteroatoms. The van der Waals surface area contributed by atoms with Crippen molar-refractivity contribution in [3.05, 3.63) is 46.2 Å². The molecule has 0 spiro atoms. The number of aromatic nitrogens is 2. The monoisotopic (exact) mass is 387 g/mol. The topological polar surface area (TPSA) is 64.0 Å². The zero-order chi connectivity index (χ0) is 17.3. The summed E-state index contributed by atoms with van der Waals surface area (Å²) in [6.07, 6.45) is -3.43. The summed E-state index contributed by atoms with van der Waals surface area (Å²) in [5.41, 5.74) is -1.04. The molecule has 1 N–H and O–H groups in total. The van der Waals surface area contributed by atoms with Crippen molar-refractivity contribution in [3.63, 3.8) is 0 Å². The van der Waals surface area contributed by atoms with Crippen molar-refractivity contribution in [1.29, 1.82) is 0 Å². The van der Waals surface area contributed by atoms with Crippen LogP contribution in [0.3, 0.4) is 0 Å². The number of nitrogens with zero attached hydrogens (tertiary/aromatic N) is 2. The Labute approximate surface area is 140 Å². The highest BCUT2D eigenvalue weighted by atomic mass is 35.5. The summed E-state index contributed by atoms with van der Waals surface area (Å²) in [5, 5.41) is 3.49. The van der Waals surface area contributed by atoms with Crippen LogP contribution in [-0.2, 0) is 22.7 Å². The highest BCUT2D eigenvalue weighted by molar-refractivity contribution is 7.89. The van der Waals surface area contributed by atoms with Crippen LogP contribution in [0.25, 0.3) is 0 Å². The van der Waals surface area contributed by atoms with E-state index < -0.39 is 21.9 Å². The Kier molecular flexibility index (Phi) is 5.24. The molecule has 0 radical (unpaired) electrons. The van der Waals surface area contributed by atoms with Gasteiger partial charge in [-0.3, -0.25) is 4.68 Å². The van der Waals surface area contributed by atoms with Crippen LogP contribution >= 0.6 is 23.2 Å². The molecule has 23 heavy (non-hydrogen) atoms. The molecule has 0 fully saturated rings. The molecule has 126 valence electrons. The van der Waals surface area contributed by atoms with E-state index in [1.165, 1.54) is 18.2 Å². The maximum atomic E-state index is 12.4. The fourth-order valence-corrected chi connectivity index (χ4v) is 3.47. The van der Waals surface area contributed by atoms with Gasteiger partial charge < -0.3 is 0 Å². The normalized spacial score (nSPS) is 12.6. The number of halogens is 5. The van der Waals surface area contributed by atoms with E-state index in [-0.39, 0.29) is 28.0 Å². The van der Waals surface area contributed by atoms with Gasteiger partial charge in [0.15, 0.2) is 5.69 Å². The molecule has 0 aliphatic rings. The van der Waals surface area contributed by atoms with Gasteiger partial charge in [-0.15, -0.1) is 0 Å². The number of hydrogen-bond donors (Lipinski definition) is 1. The molecule has 2 rings (SSSR count). The van der Waals surface area contributed by atoms with E-state index in [0.29, 0.717) is 0 Å². The molecule has 1 aromatic heterocycles. The molecule has 0 amide bonds. The Morgan fingerprint density at radius 3 is 2.52 bits per heavy atom. The second-order valence-electron chi connectivity index (χ2n) is 4.43. The quantitative estimate of drug-likeness (QED) is 0.856. The lowest BCUT2D eigenvalue weighted by Gasteiger charge is -2.09. The van der Waals surface area contributed by atoms with Crippen LogP contribution in [0.5, 0.6) is 0 Å². The molecule has 0 saturated heterocycles. The summed E-state index contributed by atoms with van der Waals surface area (Å²) in [6, 6.07) is 4.76. The summed E-state index contributed by atoms with van der Waals surface area (Å²) < 4.78 is 64.6. The van der Waals surface area contributed by atoms with E-state index in [0.717, 1.165) is 16.9 Å². The first-order chi connectivity index (χ1) is 10.6. The van der Waals surface area contributed by atoms with Crippen molar-refractivity contribution in [1.82, 2.24) is 14.5 Å². The average molecular weight is 388 g/mol. The van der Waals surface area contributed by atoms with E-state index in [9.17, 15) is 21.6 Å². The minimum absolute atomic E-state index is 0.0136. The van der Waals surface area contributed by atoms with Gasteiger partial charge in [0.2, 0.25) is 10.0 Å². The van der Waals surface area contributed by atoms with Gasteiger partial charge >= 0.3 is 6.18 Å². The van der Waals surface area contributed by atoms with Crippen molar-refractivity contribution in [2.24, 2.45) is 0 Å². The third-order valence-electron chi connectivity index (χ3n) is 2.75. The summed E-state index contributed by atoms with van der Waals surface area (Å²) in [7, 11) is -3.93. The highest BCUT2D eigenvalue weighted by Crippen LogP contribution is 2.27. The van der Waals surface area contributed by atoms with E-state index in [2.05, 4.69) is 9.82 Å². The van der Waals surface area contributed by atoms with Crippen LogP contribution in [0, 0.1) is 0 Å². The first-order valence-corrected chi connectivity index (χ1v) is 8.39. The van der Waals surface area contributed by atoms with Crippen LogP contribution in [0.2, 0.25) is 10.0 Å². The first kappa shape index (κ1) is 18.1. The minimum Gasteiger partial charge on any atom is -0.271 e. The zero-order valence-electron chi connectivity index (χ0n) is 11.3. The number of benzene rings is 1. The van der Waals surface area contributed by atoms with Crippen LogP contribution in [0.4, 0.5) is 13.2 Å². The van der Waals surface area contributed by atoms with Crippen molar-refractivity contribution in [3.8, 4) is 0 Å². The number of nitrogens with one attached hydrogen (secondary N) is 1. The maximum absolute atomic E-state index is 12.4. The first-order valence-electron chi connectivity index (χ1n) is 6.15. The van der Waals surface area contributed by atoms with E-state index >= 15 is 0 Å². The number of rotatable bonds is 5. The lowest BCUT2D eigenvalue weighted by atomic mass is 10.4. The number of sulfonamides is 1. The average Bonchev–Trinajstić information content (AvgIpc) is 2.90. The van der Waals surface area contributed by atoms with E-state index in [1.807, 2.05) is 0 Å². The van der Waals surface area contributed by atoms with Crippen molar-refractivity contribution < 1.29 is 21.6 Å². The van der Waals surface area contributed by atoms with Gasteiger partial charge in [0.25, 0.3) is 0 Å². The third-order valence-corrected chi connectivity index (χ3v) is 4.92. The second-order valence-corrected chi connectivity index (χ2v) is 7.01. The number of alkyl halides is 3. The third kappa shape index (κ3) is 4.60. The Bertz CT molecular complexity index is 806. The lowest BCUT2D eigenvalue weighted by Crippen LogP contribution is -2.28. The van der Waals surface area contributed by atoms with Gasteiger partial charge in [-0.05, 0) is 24.3 Å². The molecule has 0 bridgehead atoms. The van der Waals surface area contributed by atoms with Crippen LogP contribution < -0.4 is 4.72 Å². The van der Waals surface area contributed by atoms with Gasteiger partial charge in [-0.2, -0.15) is 18.3 Å². The molecule has 2 aromatic rings. The van der Waals surface area contributed by atoms with Gasteiger partial charge in [-0.25, -0.2) is 13.1 Å². The summed E-state index contributed by atoms with van der Waals surface area (Å²) in [6.45, 7) is -0.238. The van der Waals surface area contributed by atoms with Crippen molar-refractivity contribution in [2.45, 2.75) is 17.6 Å². The van der Waals surface area contributed by atoms with E-state index in [1.54, 1.807) is 0 Å². The van der Waals surface area contributed by atoms with Crippen molar-refractivity contribution in [2.75, 3.05) is 6.54 Å². The Morgan fingerprint density at radius 1 is 1.22 bits per heavy atom. The van der Waals surface area contributed by atoms with Gasteiger partial charge in [0.1, 0.15) is 4.90 Å². The summed E-state index contributed by atoms with van der Waals surface area (Å²) >= 11 is 11.5. The second kappa shape index (κ2) is 6.68. The molecule has 0 saturated carbocycles. The molecule has 1 aromatic carbocycles. The SMILES string of the molecule is O=S(=O)(NCCn1ccc(C(F)(F)F)n1)c1cc(Cl)ccc1Cl. The van der Waals surface area contributed by atoms with Crippen LogP contribution in [-0.4, -0.2) is 24.7 Å². The Balaban J connectivity index is 2.03. The van der Waals surface area contributed by atoms with Gasteiger partial charge in [0, 0.05) is 17.8 Å².